The number of fused-ring (bicyclic) bond motifs is 1. The summed E-state index contributed by atoms with van der Waals surface area (Å²) in [6.45, 7) is 0.717. The summed E-state index contributed by atoms with van der Waals surface area (Å²) in [6.07, 6.45) is 1.69. The molecule has 1 atom stereocenters. The predicted molar refractivity (Wildman–Crippen MR) is 107 cm³/mol. The van der Waals surface area contributed by atoms with Crippen molar-refractivity contribution in [1.29, 1.82) is 0 Å². The van der Waals surface area contributed by atoms with Crippen LogP contribution in [0.5, 0.6) is 17.2 Å². The van der Waals surface area contributed by atoms with Gasteiger partial charge in [-0.25, -0.2) is 4.68 Å². The fraction of sp³-hybridized carbons (Fsp3) is 0.250. The lowest BCUT2D eigenvalue weighted by atomic mass is 10.0. The standard InChI is InChI=1S/C20H19ClN4O4/c1-27-18-10-13(16-11-19(26)24-20-22-12-23-25(16)20)2-7-17(18)29-9-8-28-15-5-3-14(21)4-6-15/h2-7,10,12,16H,8-9,11H2,1H3,(H,22,23,24,26). The van der Waals surface area contributed by atoms with Gasteiger partial charge in [0, 0.05) is 5.02 Å². The number of nitrogens with one attached hydrogen (secondary N) is 1. The number of hydrogen-bond donors (Lipinski definition) is 1. The Morgan fingerprint density at radius 1 is 1.14 bits per heavy atom. The number of ether oxygens (including phenoxy) is 3. The van der Waals surface area contributed by atoms with Crippen LogP contribution in [-0.2, 0) is 4.79 Å². The van der Waals surface area contributed by atoms with E-state index in [9.17, 15) is 4.79 Å². The van der Waals surface area contributed by atoms with E-state index < -0.39 is 0 Å². The minimum Gasteiger partial charge on any atom is -0.493 e. The highest BCUT2D eigenvalue weighted by molar-refractivity contribution is 6.30. The molecule has 0 radical (unpaired) electrons. The highest BCUT2D eigenvalue weighted by atomic mass is 35.5. The molecule has 0 saturated carbocycles. The molecule has 1 unspecified atom stereocenters. The van der Waals surface area contributed by atoms with E-state index in [-0.39, 0.29) is 18.4 Å². The molecule has 9 heteroatoms. The van der Waals surface area contributed by atoms with Crippen LogP contribution in [0.4, 0.5) is 5.95 Å². The molecule has 0 saturated heterocycles. The van der Waals surface area contributed by atoms with Crippen LogP contribution in [0.3, 0.4) is 0 Å². The zero-order valence-electron chi connectivity index (χ0n) is 15.7. The highest BCUT2D eigenvalue weighted by Gasteiger charge is 2.28. The SMILES string of the molecule is COc1cc(C2CC(=O)Nc3ncnn32)ccc1OCCOc1ccc(Cl)cc1. The summed E-state index contributed by atoms with van der Waals surface area (Å²) in [5, 5.41) is 7.58. The Balaban J connectivity index is 1.42. The molecule has 2 heterocycles. The number of nitrogens with zero attached hydrogens (tertiary/aromatic N) is 3. The summed E-state index contributed by atoms with van der Waals surface area (Å²) in [6, 6.07) is 12.5. The number of halogens is 1. The van der Waals surface area contributed by atoms with Gasteiger partial charge in [-0.2, -0.15) is 10.1 Å². The molecular weight excluding hydrogens is 396 g/mol. The zero-order valence-corrected chi connectivity index (χ0v) is 16.4. The third-order valence-electron chi connectivity index (χ3n) is 4.49. The van der Waals surface area contributed by atoms with Crippen molar-refractivity contribution in [3.63, 3.8) is 0 Å². The van der Waals surface area contributed by atoms with Crippen LogP contribution < -0.4 is 19.5 Å². The number of aromatic nitrogens is 3. The van der Waals surface area contributed by atoms with Crippen molar-refractivity contribution in [2.24, 2.45) is 0 Å². The molecule has 0 bridgehead atoms. The van der Waals surface area contributed by atoms with Crippen molar-refractivity contribution in [3.8, 4) is 17.2 Å². The van der Waals surface area contributed by atoms with E-state index in [0.29, 0.717) is 35.7 Å². The molecule has 150 valence electrons. The number of rotatable bonds is 7. The molecule has 29 heavy (non-hydrogen) atoms. The Hall–Kier alpha value is -3.26. The van der Waals surface area contributed by atoms with Crippen molar-refractivity contribution in [3.05, 3.63) is 59.4 Å². The van der Waals surface area contributed by atoms with Gasteiger partial charge in [0.05, 0.1) is 19.6 Å². The first-order valence-corrected chi connectivity index (χ1v) is 9.40. The Bertz CT molecular complexity index is 1010. The summed E-state index contributed by atoms with van der Waals surface area (Å²) in [5.41, 5.74) is 0.883. The number of hydrogen-bond acceptors (Lipinski definition) is 6. The zero-order chi connectivity index (χ0) is 20.2. The van der Waals surface area contributed by atoms with Gasteiger partial charge in [0.15, 0.2) is 11.5 Å². The van der Waals surface area contributed by atoms with Crippen LogP contribution in [0, 0.1) is 0 Å². The van der Waals surface area contributed by atoms with Crippen molar-refractivity contribution in [2.45, 2.75) is 12.5 Å². The minimum atomic E-state index is -0.252. The van der Waals surface area contributed by atoms with E-state index in [0.717, 1.165) is 11.3 Å². The highest BCUT2D eigenvalue weighted by Crippen LogP contribution is 2.34. The molecule has 0 spiro atoms. The Morgan fingerprint density at radius 3 is 2.72 bits per heavy atom. The lowest BCUT2D eigenvalue weighted by Gasteiger charge is -2.24. The van der Waals surface area contributed by atoms with Crippen LogP contribution in [-0.4, -0.2) is 41.0 Å². The van der Waals surface area contributed by atoms with E-state index in [1.165, 1.54) is 6.33 Å². The third-order valence-corrected chi connectivity index (χ3v) is 4.75. The van der Waals surface area contributed by atoms with Gasteiger partial charge in [-0.15, -0.1) is 0 Å². The van der Waals surface area contributed by atoms with E-state index in [4.69, 9.17) is 25.8 Å². The molecule has 2 aromatic carbocycles. The first-order valence-electron chi connectivity index (χ1n) is 9.02. The number of carbonyl (C=O) groups is 1. The summed E-state index contributed by atoms with van der Waals surface area (Å²) >= 11 is 5.86. The fourth-order valence-corrected chi connectivity index (χ4v) is 3.24. The number of methoxy groups -OCH3 is 1. The average Bonchev–Trinajstić information content (AvgIpc) is 3.20. The maximum Gasteiger partial charge on any atom is 0.229 e. The van der Waals surface area contributed by atoms with Gasteiger partial charge in [0.25, 0.3) is 0 Å². The number of anilines is 1. The second-order valence-electron chi connectivity index (χ2n) is 6.36. The molecule has 1 aromatic heterocycles. The van der Waals surface area contributed by atoms with Crippen LogP contribution in [0.1, 0.15) is 18.0 Å². The molecule has 4 rings (SSSR count). The second-order valence-corrected chi connectivity index (χ2v) is 6.79. The van der Waals surface area contributed by atoms with Crippen LogP contribution >= 0.6 is 11.6 Å². The van der Waals surface area contributed by atoms with Crippen molar-refractivity contribution in [2.75, 3.05) is 25.6 Å². The van der Waals surface area contributed by atoms with Gasteiger partial charge in [0.2, 0.25) is 11.9 Å². The summed E-state index contributed by atoms with van der Waals surface area (Å²) in [7, 11) is 1.57. The number of carbonyl (C=O) groups excluding carboxylic acids is 1. The molecule has 1 amide bonds. The summed E-state index contributed by atoms with van der Waals surface area (Å²) in [5.74, 6) is 2.22. The lowest BCUT2D eigenvalue weighted by Crippen LogP contribution is -2.29. The molecule has 0 fully saturated rings. The first kappa shape index (κ1) is 19.1. The fourth-order valence-electron chi connectivity index (χ4n) is 3.12. The molecule has 0 aliphatic carbocycles. The van der Waals surface area contributed by atoms with Gasteiger partial charge in [0.1, 0.15) is 25.3 Å². The van der Waals surface area contributed by atoms with Gasteiger partial charge in [-0.3, -0.25) is 10.1 Å². The third kappa shape index (κ3) is 4.27. The van der Waals surface area contributed by atoms with Crippen molar-refractivity contribution < 1.29 is 19.0 Å². The van der Waals surface area contributed by atoms with E-state index in [1.54, 1.807) is 36.1 Å². The topological polar surface area (TPSA) is 87.5 Å². The molecule has 8 nitrogen and oxygen atoms in total. The molecule has 1 aliphatic rings. The Morgan fingerprint density at radius 2 is 1.93 bits per heavy atom. The van der Waals surface area contributed by atoms with Crippen molar-refractivity contribution in [1.82, 2.24) is 14.8 Å². The average molecular weight is 415 g/mol. The van der Waals surface area contributed by atoms with Gasteiger partial charge >= 0.3 is 0 Å². The summed E-state index contributed by atoms with van der Waals surface area (Å²) in [4.78, 5) is 16.0. The molecule has 1 N–H and O–H groups in total. The number of amides is 1. The Labute approximate surface area is 172 Å². The summed E-state index contributed by atoms with van der Waals surface area (Å²) < 4.78 is 18.6. The monoisotopic (exact) mass is 414 g/mol. The maximum atomic E-state index is 12.0. The molecular formula is C20H19ClN4O4. The number of benzene rings is 2. The van der Waals surface area contributed by atoms with Crippen LogP contribution in [0.15, 0.2) is 48.8 Å². The molecule has 1 aliphatic heterocycles. The minimum absolute atomic E-state index is 0.103. The Kier molecular flexibility index (Phi) is 5.53. The predicted octanol–water partition coefficient (Wildman–Crippen LogP) is 3.33. The largest absolute Gasteiger partial charge is 0.493 e. The van der Waals surface area contributed by atoms with E-state index >= 15 is 0 Å². The smallest absolute Gasteiger partial charge is 0.229 e. The first-order chi connectivity index (χ1) is 14.1. The lowest BCUT2D eigenvalue weighted by molar-refractivity contribution is -0.117. The maximum absolute atomic E-state index is 12.0. The van der Waals surface area contributed by atoms with Crippen LogP contribution in [0.25, 0.3) is 0 Å². The van der Waals surface area contributed by atoms with Gasteiger partial charge in [-0.1, -0.05) is 17.7 Å². The van der Waals surface area contributed by atoms with Crippen LogP contribution in [0.2, 0.25) is 5.02 Å². The second kappa shape index (κ2) is 8.40. The van der Waals surface area contributed by atoms with Crippen molar-refractivity contribution >= 4 is 23.5 Å². The van der Waals surface area contributed by atoms with E-state index in [2.05, 4.69) is 15.4 Å². The molecule has 3 aromatic rings. The normalized spacial score (nSPS) is 15.4. The van der Waals surface area contributed by atoms with E-state index in [1.807, 2.05) is 18.2 Å². The quantitative estimate of drug-likeness (QED) is 0.597. The van der Waals surface area contributed by atoms with Gasteiger partial charge < -0.3 is 14.2 Å². The van der Waals surface area contributed by atoms with Gasteiger partial charge in [-0.05, 0) is 42.0 Å².